The van der Waals surface area contributed by atoms with E-state index in [0.29, 0.717) is 45.1 Å². The number of esters is 1. The first kappa shape index (κ1) is 28.8. The third-order valence-corrected chi connectivity index (χ3v) is 7.45. The molecule has 0 radical (unpaired) electrons. The average molecular weight is 587 g/mol. The Morgan fingerprint density at radius 2 is 1.90 bits per heavy atom. The van der Waals surface area contributed by atoms with Crippen molar-refractivity contribution in [1.82, 2.24) is 9.55 Å². The van der Waals surface area contributed by atoms with Crippen molar-refractivity contribution in [2.24, 2.45) is 0 Å². The Hall–Kier alpha value is -4.68. The molecular formula is C32H28ClFN4O4. The molecule has 5 rings (SSSR count). The van der Waals surface area contributed by atoms with Crippen LogP contribution in [0.1, 0.15) is 65.7 Å². The predicted octanol–water partition coefficient (Wildman–Crippen LogP) is 6.66. The summed E-state index contributed by atoms with van der Waals surface area (Å²) in [6.45, 7) is 5.97. The molecule has 1 amide bonds. The van der Waals surface area contributed by atoms with Crippen LogP contribution >= 0.6 is 11.6 Å². The van der Waals surface area contributed by atoms with E-state index >= 15 is 4.39 Å². The van der Waals surface area contributed by atoms with E-state index < -0.39 is 23.7 Å². The second-order valence-electron chi connectivity index (χ2n) is 10.0. The summed E-state index contributed by atoms with van der Waals surface area (Å²) in [4.78, 5) is 32.2. The smallest absolute Gasteiger partial charge is 0.311 e. The van der Waals surface area contributed by atoms with Crippen molar-refractivity contribution in [3.8, 4) is 23.1 Å². The van der Waals surface area contributed by atoms with Crippen LogP contribution in [0, 0.1) is 17.1 Å². The molecule has 4 aromatic rings. The lowest BCUT2D eigenvalue weighted by atomic mass is 10.0. The van der Waals surface area contributed by atoms with Gasteiger partial charge < -0.3 is 14.0 Å². The molecule has 1 aliphatic rings. The lowest BCUT2D eigenvalue weighted by molar-refractivity contribution is -0.142. The highest BCUT2D eigenvalue weighted by molar-refractivity contribution is 6.31. The number of nitriles is 1. The summed E-state index contributed by atoms with van der Waals surface area (Å²) in [5.41, 5.74) is 4.04. The van der Waals surface area contributed by atoms with Crippen LogP contribution in [0.2, 0.25) is 5.02 Å². The van der Waals surface area contributed by atoms with Crippen LogP contribution < -0.4 is 9.64 Å². The van der Waals surface area contributed by atoms with Crippen molar-refractivity contribution in [1.29, 1.82) is 5.26 Å². The molecule has 2 aromatic carbocycles. The number of benzene rings is 2. The van der Waals surface area contributed by atoms with Gasteiger partial charge in [-0.15, -0.1) is 0 Å². The molecule has 0 spiro atoms. The molecule has 1 atom stereocenters. The minimum absolute atomic E-state index is 0.0262. The number of nitrogens with zero attached hydrogens (tertiary/aromatic N) is 4. The molecule has 10 heteroatoms. The topological polar surface area (TPSA) is 97.5 Å². The van der Waals surface area contributed by atoms with Gasteiger partial charge in [-0.05, 0) is 62.7 Å². The Morgan fingerprint density at radius 1 is 1.17 bits per heavy atom. The highest BCUT2D eigenvalue weighted by Gasteiger charge is 2.44. The number of aromatic nitrogens is 2. The Morgan fingerprint density at radius 3 is 2.55 bits per heavy atom. The Bertz CT molecular complexity index is 1730. The van der Waals surface area contributed by atoms with Gasteiger partial charge >= 0.3 is 5.97 Å². The van der Waals surface area contributed by atoms with E-state index in [0.717, 1.165) is 0 Å². The molecule has 8 nitrogen and oxygen atoms in total. The number of amides is 1. The van der Waals surface area contributed by atoms with Crippen molar-refractivity contribution in [3.63, 3.8) is 0 Å². The number of rotatable bonds is 8. The average Bonchev–Trinajstić information content (AvgIpc) is 3.50. The van der Waals surface area contributed by atoms with E-state index in [-0.39, 0.29) is 29.8 Å². The lowest BCUT2D eigenvalue weighted by Crippen LogP contribution is -2.30. The van der Waals surface area contributed by atoms with E-state index in [1.165, 1.54) is 24.1 Å². The zero-order valence-corrected chi connectivity index (χ0v) is 24.3. The molecule has 1 aliphatic heterocycles. The van der Waals surface area contributed by atoms with E-state index in [2.05, 4.69) is 11.1 Å². The molecule has 0 aliphatic carbocycles. The van der Waals surface area contributed by atoms with Crippen LogP contribution in [-0.2, 0) is 16.0 Å². The summed E-state index contributed by atoms with van der Waals surface area (Å²) in [7, 11) is 1.52. The lowest BCUT2D eigenvalue weighted by Gasteiger charge is -2.29. The minimum Gasteiger partial charge on any atom is -0.494 e. The van der Waals surface area contributed by atoms with Crippen LogP contribution in [0.3, 0.4) is 0 Å². The van der Waals surface area contributed by atoms with Gasteiger partial charge in [0.05, 0.1) is 71.3 Å². The number of carbonyl (C=O) groups is 2. The molecule has 214 valence electrons. The summed E-state index contributed by atoms with van der Waals surface area (Å²) >= 11 is 6.14. The summed E-state index contributed by atoms with van der Waals surface area (Å²) in [6.07, 6.45) is 1.52. The largest absolute Gasteiger partial charge is 0.494 e. The van der Waals surface area contributed by atoms with Crippen molar-refractivity contribution in [2.75, 3.05) is 18.6 Å². The van der Waals surface area contributed by atoms with Crippen molar-refractivity contribution in [3.05, 3.63) is 99.7 Å². The molecule has 1 unspecified atom stereocenters. The maximum absolute atomic E-state index is 15.4. The Labute approximate surface area is 247 Å². The minimum atomic E-state index is -0.726. The molecule has 3 heterocycles. The number of hydrogen-bond donors (Lipinski definition) is 0. The van der Waals surface area contributed by atoms with E-state index in [9.17, 15) is 14.9 Å². The number of ether oxygens (including phenoxy) is 2. The first-order chi connectivity index (χ1) is 20.2. The number of anilines is 1. The number of methoxy groups -OCH3 is 1. The van der Waals surface area contributed by atoms with Gasteiger partial charge in [0.2, 0.25) is 0 Å². The van der Waals surface area contributed by atoms with Gasteiger partial charge in [-0.1, -0.05) is 29.8 Å². The number of halogens is 2. The molecule has 0 saturated carbocycles. The molecule has 0 bridgehead atoms. The highest BCUT2D eigenvalue weighted by Crippen LogP contribution is 2.48. The molecule has 0 fully saturated rings. The van der Waals surface area contributed by atoms with Crippen LogP contribution in [-0.4, -0.2) is 35.1 Å². The Kier molecular flexibility index (Phi) is 8.01. The fraction of sp³-hybridized carbons (Fsp3) is 0.250. The predicted molar refractivity (Wildman–Crippen MR) is 156 cm³/mol. The van der Waals surface area contributed by atoms with Gasteiger partial charge in [-0.3, -0.25) is 19.5 Å². The third-order valence-electron chi connectivity index (χ3n) is 7.16. The first-order valence-corrected chi connectivity index (χ1v) is 13.8. The molecule has 42 heavy (non-hydrogen) atoms. The zero-order chi connectivity index (χ0) is 30.1. The standard InChI is InChI=1S/C32H28ClFN4O4/c1-5-42-28(39)14-21-13-22(27(41-4)17-36-21)26-15-23-31(37(26)18(2)3)30(20-11-9-19(16-35)10-12-20)38(32(23)40)25-8-6-7-24(33)29(25)34/h6-13,15,17-18,30H,5,14H2,1-4H3. The summed E-state index contributed by atoms with van der Waals surface area (Å²) < 4.78 is 28.2. The SMILES string of the molecule is CCOC(=O)Cc1cc(-c2cc3c(n2C(C)C)C(c2ccc(C#N)cc2)N(c2cccc(Cl)c2F)C3=O)c(OC)cn1. The maximum atomic E-state index is 15.4. The zero-order valence-electron chi connectivity index (χ0n) is 23.5. The quantitative estimate of drug-likeness (QED) is 0.214. The van der Waals surface area contributed by atoms with Crippen LogP contribution in [0.15, 0.2) is 60.8 Å². The fourth-order valence-corrected chi connectivity index (χ4v) is 5.57. The Balaban J connectivity index is 1.75. The number of hydrogen-bond acceptors (Lipinski definition) is 6. The van der Waals surface area contributed by atoms with Crippen LogP contribution in [0.4, 0.5) is 10.1 Å². The van der Waals surface area contributed by atoms with Crippen LogP contribution in [0.25, 0.3) is 11.3 Å². The van der Waals surface area contributed by atoms with Crippen molar-refractivity contribution >= 4 is 29.2 Å². The monoisotopic (exact) mass is 586 g/mol. The normalized spacial score (nSPS) is 14.2. The third kappa shape index (κ3) is 4.99. The van der Waals surface area contributed by atoms with Crippen LogP contribution in [0.5, 0.6) is 5.75 Å². The highest BCUT2D eigenvalue weighted by atomic mass is 35.5. The van der Waals surface area contributed by atoms with Gasteiger partial charge in [0, 0.05) is 11.6 Å². The molecule has 0 saturated heterocycles. The van der Waals surface area contributed by atoms with Gasteiger partial charge in [-0.2, -0.15) is 5.26 Å². The van der Waals surface area contributed by atoms with Crippen molar-refractivity contribution < 1.29 is 23.5 Å². The number of pyridine rings is 1. The van der Waals surface area contributed by atoms with E-state index in [4.69, 9.17) is 21.1 Å². The maximum Gasteiger partial charge on any atom is 0.311 e. The fourth-order valence-electron chi connectivity index (χ4n) is 5.40. The van der Waals surface area contributed by atoms with E-state index in [1.807, 2.05) is 18.4 Å². The van der Waals surface area contributed by atoms with E-state index in [1.54, 1.807) is 55.6 Å². The van der Waals surface area contributed by atoms with Gasteiger partial charge in [0.25, 0.3) is 5.91 Å². The molecule has 0 N–H and O–H groups in total. The second kappa shape index (κ2) is 11.7. The molecular weight excluding hydrogens is 559 g/mol. The second-order valence-corrected chi connectivity index (χ2v) is 10.4. The first-order valence-electron chi connectivity index (χ1n) is 13.4. The number of fused-ring (bicyclic) bond motifs is 1. The van der Waals surface area contributed by atoms with Gasteiger partial charge in [-0.25, -0.2) is 4.39 Å². The summed E-state index contributed by atoms with van der Waals surface area (Å²) in [6, 6.07) is 16.2. The van der Waals surface area contributed by atoms with Gasteiger partial charge in [0.1, 0.15) is 11.8 Å². The van der Waals surface area contributed by atoms with Crippen molar-refractivity contribution in [2.45, 2.75) is 39.3 Å². The summed E-state index contributed by atoms with van der Waals surface area (Å²) in [5.74, 6) is -1.05. The summed E-state index contributed by atoms with van der Waals surface area (Å²) in [5, 5.41) is 9.27. The number of carbonyl (C=O) groups excluding carboxylic acids is 2. The van der Waals surface area contributed by atoms with Gasteiger partial charge in [0.15, 0.2) is 5.82 Å². The molecule has 2 aromatic heterocycles.